The van der Waals surface area contributed by atoms with Crippen molar-refractivity contribution in [3.05, 3.63) is 29.7 Å². The van der Waals surface area contributed by atoms with Crippen LogP contribution in [0.4, 0.5) is 38.2 Å². The van der Waals surface area contributed by atoms with E-state index in [1.54, 1.807) is 37.1 Å². The molecule has 1 aromatic rings. The molecule has 1 aliphatic rings. The summed E-state index contributed by atoms with van der Waals surface area (Å²) in [6.07, 6.45) is -3.98. The standard InChI is InChI=1S/C16H20F6N6/c1-8-6-5-7-11(28(8)4)12-25-13(23-9(2)15(17,18)19)27-14(26-12)24-10(3)16(20,21)22/h5-7,9-11H,1-4H3,(H2,23,24,25,26,27)/t9-,10-,11?/m0/s1. The van der Waals surface area contributed by atoms with Crippen LogP contribution >= 0.6 is 0 Å². The van der Waals surface area contributed by atoms with Gasteiger partial charge in [0.25, 0.3) is 0 Å². The fourth-order valence-corrected chi connectivity index (χ4v) is 2.23. The van der Waals surface area contributed by atoms with Crippen molar-refractivity contribution in [2.24, 2.45) is 0 Å². The van der Waals surface area contributed by atoms with Crippen LogP contribution in [0, 0.1) is 0 Å². The van der Waals surface area contributed by atoms with Crippen molar-refractivity contribution in [1.29, 1.82) is 0 Å². The molecule has 0 amide bonds. The Morgan fingerprint density at radius 1 is 0.929 bits per heavy atom. The first-order chi connectivity index (χ1) is 12.8. The number of hydrogen-bond acceptors (Lipinski definition) is 6. The number of halogens is 6. The van der Waals surface area contributed by atoms with Gasteiger partial charge >= 0.3 is 12.4 Å². The SMILES string of the molecule is CC1=CC=CC(c2nc(N[C@@H](C)C(F)(F)F)nc(N[C@@H](C)C(F)(F)F)n2)N1C. The maximum absolute atomic E-state index is 12.8. The highest BCUT2D eigenvalue weighted by Gasteiger charge is 2.38. The van der Waals surface area contributed by atoms with Crippen molar-refractivity contribution in [1.82, 2.24) is 19.9 Å². The first kappa shape index (κ1) is 21.8. The second kappa shape index (κ2) is 7.84. The Morgan fingerprint density at radius 2 is 1.39 bits per heavy atom. The average molecular weight is 410 g/mol. The highest BCUT2D eigenvalue weighted by Crippen LogP contribution is 2.28. The molecule has 0 spiro atoms. The summed E-state index contributed by atoms with van der Waals surface area (Å²) in [6, 6.07) is -4.58. The molecule has 0 saturated heterocycles. The molecule has 3 atom stereocenters. The molecule has 6 nitrogen and oxygen atoms in total. The molecule has 28 heavy (non-hydrogen) atoms. The van der Waals surface area contributed by atoms with Crippen LogP contribution in [0.25, 0.3) is 0 Å². The van der Waals surface area contributed by atoms with E-state index in [9.17, 15) is 26.3 Å². The molecule has 2 N–H and O–H groups in total. The van der Waals surface area contributed by atoms with Gasteiger partial charge in [-0.1, -0.05) is 12.2 Å². The lowest BCUT2D eigenvalue weighted by molar-refractivity contribution is -0.139. The molecular weight excluding hydrogens is 390 g/mol. The summed E-state index contributed by atoms with van der Waals surface area (Å²) in [6.45, 7) is 3.51. The minimum absolute atomic E-state index is 0.00921. The van der Waals surface area contributed by atoms with Gasteiger partial charge in [-0.2, -0.15) is 41.3 Å². The van der Waals surface area contributed by atoms with E-state index in [0.717, 1.165) is 19.5 Å². The summed E-state index contributed by atoms with van der Waals surface area (Å²) in [5.74, 6) is -0.934. The summed E-state index contributed by atoms with van der Waals surface area (Å²) in [5.41, 5.74) is 0.823. The van der Waals surface area contributed by atoms with Crippen molar-refractivity contribution in [2.45, 2.75) is 51.2 Å². The van der Waals surface area contributed by atoms with E-state index in [1.165, 1.54) is 0 Å². The number of nitrogens with one attached hydrogen (secondary N) is 2. The predicted octanol–water partition coefficient (Wildman–Crippen LogP) is 4.04. The molecule has 0 saturated carbocycles. The summed E-state index contributed by atoms with van der Waals surface area (Å²) < 4.78 is 77.1. The quantitative estimate of drug-likeness (QED) is 0.715. The van der Waals surface area contributed by atoms with E-state index in [2.05, 4.69) is 25.6 Å². The molecule has 0 fully saturated rings. The minimum Gasteiger partial charge on any atom is -0.365 e. The van der Waals surface area contributed by atoms with Crippen molar-refractivity contribution in [2.75, 3.05) is 17.7 Å². The Bertz CT molecular complexity index is 717. The average Bonchev–Trinajstić information content (AvgIpc) is 2.55. The normalized spacial score (nSPS) is 19.9. The first-order valence-electron chi connectivity index (χ1n) is 8.29. The number of anilines is 2. The molecule has 0 bridgehead atoms. The van der Waals surface area contributed by atoms with Gasteiger partial charge in [0.1, 0.15) is 18.1 Å². The molecule has 1 aromatic heterocycles. The third-order valence-corrected chi connectivity index (χ3v) is 4.19. The third-order valence-electron chi connectivity index (χ3n) is 4.19. The van der Waals surface area contributed by atoms with Crippen LogP contribution in [0.5, 0.6) is 0 Å². The molecule has 156 valence electrons. The first-order valence-corrected chi connectivity index (χ1v) is 8.29. The number of alkyl halides is 6. The fourth-order valence-electron chi connectivity index (χ4n) is 2.23. The van der Waals surface area contributed by atoms with Crippen LogP contribution in [-0.4, -0.2) is 51.3 Å². The number of likely N-dealkylation sites (N-methyl/N-ethyl adjacent to an activating group) is 1. The maximum Gasteiger partial charge on any atom is 0.408 e. The van der Waals surface area contributed by atoms with Crippen molar-refractivity contribution < 1.29 is 26.3 Å². The summed E-state index contributed by atoms with van der Waals surface area (Å²) in [4.78, 5) is 13.4. The van der Waals surface area contributed by atoms with Crippen LogP contribution in [0.2, 0.25) is 0 Å². The van der Waals surface area contributed by atoms with E-state index in [0.29, 0.717) is 0 Å². The van der Waals surface area contributed by atoms with Crippen molar-refractivity contribution in [3.63, 3.8) is 0 Å². The van der Waals surface area contributed by atoms with Crippen LogP contribution in [0.1, 0.15) is 32.6 Å². The number of allylic oxidation sites excluding steroid dienone is 3. The van der Waals surface area contributed by atoms with Gasteiger partial charge in [0.2, 0.25) is 11.9 Å². The van der Waals surface area contributed by atoms with Crippen LogP contribution in [0.15, 0.2) is 23.9 Å². The Hall–Kier alpha value is -2.53. The minimum atomic E-state index is -4.58. The lowest BCUT2D eigenvalue weighted by Gasteiger charge is -2.30. The van der Waals surface area contributed by atoms with Crippen LogP contribution in [0.3, 0.4) is 0 Å². The molecule has 1 unspecified atom stereocenters. The molecule has 0 aromatic carbocycles. The molecule has 2 heterocycles. The highest BCUT2D eigenvalue weighted by molar-refractivity contribution is 5.38. The summed E-state index contributed by atoms with van der Waals surface area (Å²) in [5, 5.41) is 4.15. The van der Waals surface area contributed by atoms with E-state index < -0.39 is 42.4 Å². The monoisotopic (exact) mass is 410 g/mol. The van der Waals surface area contributed by atoms with Gasteiger partial charge in [-0.3, -0.25) is 0 Å². The highest BCUT2D eigenvalue weighted by atomic mass is 19.4. The van der Waals surface area contributed by atoms with Gasteiger partial charge < -0.3 is 15.5 Å². The van der Waals surface area contributed by atoms with Gasteiger partial charge in [-0.15, -0.1) is 0 Å². The van der Waals surface area contributed by atoms with E-state index in [1.807, 2.05) is 0 Å². The van der Waals surface area contributed by atoms with E-state index >= 15 is 0 Å². The van der Waals surface area contributed by atoms with Gasteiger partial charge in [0, 0.05) is 12.7 Å². The largest absolute Gasteiger partial charge is 0.408 e. The van der Waals surface area contributed by atoms with Gasteiger partial charge in [-0.05, 0) is 26.8 Å². The smallest absolute Gasteiger partial charge is 0.365 e. The lowest BCUT2D eigenvalue weighted by atomic mass is 10.1. The summed E-state index contributed by atoms with van der Waals surface area (Å²) >= 11 is 0. The Morgan fingerprint density at radius 3 is 1.82 bits per heavy atom. The zero-order valence-electron chi connectivity index (χ0n) is 15.5. The van der Waals surface area contributed by atoms with Gasteiger partial charge in [0.05, 0.1) is 0 Å². The zero-order valence-corrected chi connectivity index (χ0v) is 15.5. The van der Waals surface area contributed by atoms with E-state index in [4.69, 9.17) is 0 Å². The third kappa shape index (κ3) is 5.26. The van der Waals surface area contributed by atoms with Gasteiger partial charge in [0.15, 0.2) is 5.82 Å². The summed E-state index contributed by atoms with van der Waals surface area (Å²) in [7, 11) is 1.71. The lowest BCUT2D eigenvalue weighted by Crippen LogP contribution is -2.36. The fraction of sp³-hybridized carbons (Fsp3) is 0.562. The Kier molecular flexibility index (Phi) is 6.09. The van der Waals surface area contributed by atoms with Gasteiger partial charge in [-0.25, -0.2) is 0 Å². The number of hydrogen-bond donors (Lipinski definition) is 2. The van der Waals surface area contributed by atoms with Crippen molar-refractivity contribution in [3.8, 4) is 0 Å². The number of rotatable bonds is 5. The number of nitrogens with zero attached hydrogens (tertiary/aromatic N) is 4. The maximum atomic E-state index is 12.8. The Balaban J connectivity index is 2.41. The molecule has 0 radical (unpaired) electrons. The van der Waals surface area contributed by atoms with Crippen LogP contribution < -0.4 is 10.6 Å². The Labute approximate surface area is 157 Å². The number of aromatic nitrogens is 3. The second-order valence-electron chi connectivity index (χ2n) is 6.40. The molecule has 2 rings (SSSR count). The second-order valence-corrected chi connectivity index (χ2v) is 6.40. The zero-order chi connectivity index (χ0) is 21.3. The predicted molar refractivity (Wildman–Crippen MR) is 91.5 cm³/mol. The molecule has 1 aliphatic heterocycles. The molecule has 12 heteroatoms. The van der Waals surface area contributed by atoms with Crippen LogP contribution in [-0.2, 0) is 0 Å². The van der Waals surface area contributed by atoms with Crippen molar-refractivity contribution >= 4 is 11.9 Å². The van der Waals surface area contributed by atoms with E-state index in [-0.39, 0.29) is 5.82 Å². The molecular formula is C16H20F6N6. The topological polar surface area (TPSA) is 66.0 Å². The molecule has 0 aliphatic carbocycles.